The Kier molecular flexibility index (Phi) is 5.29. The van der Waals surface area contributed by atoms with E-state index in [2.05, 4.69) is 27.0 Å². The Morgan fingerprint density at radius 3 is 2.77 bits per heavy atom. The van der Waals surface area contributed by atoms with E-state index >= 15 is 0 Å². The van der Waals surface area contributed by atoms with Crippen molar-refractivity contribution in [3.63, 3.8) is 0 Å². The van der Waals surface area contributed by atoms with Crippen LogP contribution < -0.4 is 9.47 Å². The monoisotopic (exact) mass is 411 g/mol. The Morgan fingerprint density at radius 1 is 1.35 bits per heavy atom. The van der Waals surface area contributed by atoms with Crippen LogP contribution in [0.25, 0.3) is 22.7 Å². The number of hydrogen-bond donors (Lipinski definition) is 0. The topological polar surface area (TPSA) is 60.1 Å². The van der Waals surface area contributed by atoms with Crippen LogP contribution in [-0.4, -0.2) is 23.3 Å². The van der Waals surface area contributed by atoms with Gasteiger partial charge < -0.3 is 14.0 Å². The summed E-state index contributed by atoms with van der Waals surface area (Å²) >= 11 is 3.51. The van der Waals surface area contributed by atoms with Gasteiger partial charge in [0.15, 0.2) is 17.3 Å². The minimum atomic E-state index is 0.474. The van der Waals surface area contributed by atoms with E-state index in [1.54, 1.807) is 13.2 Å². The fourth-order valence-electron chi connectivity index (χ4n) is 2.81. The number of fused-ring (bicyclic) bond motifs is 1. The van der Waals surface area contributed by atoms with Gasteiger partial charge in [0.2, 0.25) is 0 Å². The molecule has 0 aliphatic rings. The molecule has 0 aliphatic carbocycles. The second kappa shape index (κ2) is 7.63. The minimum Gasteiger partial charge on any atom is -0.493 e. The van der Waals surface area contributed by atoms with Gasteiger partial charge in [0.1, 0.15) is 6.07 Å². The van der Waals surface area contributed by atoms with Crippen molar-refractivity contribution in [2.24, 2.45) is 7.05 Å². The predicted octanol–water partition coefficient (Wildman–Crippen LogP) is 4.81. The Bertz CT molecular complexity index is 1030. The summed E-state index contributed by atoms with van der Waals surface area (Å²) in [7, 11) is 3.50. The Balaban J connectivity index is 2.11. The highest BCUT2D eigenvalue weighted by atomic mass is 79.9. The van der Waals surface area contributed by atoms with E-state index in [9.17, 15) is 5.26 Å². The van der Waals surface area contributed by atoms with E-state index in [-0.39, 0.29) is 0 Å². The maximum atomic E-state index is 9.69. The molecule has 0 amide bonds. The number of para-hydroxylation sites is 2. The molecule has 0 atom stereocenters. The molecule has 3 aromatic rings. The van der Waals surface area contributed by atoms with E-state index in [0.717, 1.165) is 21.1 Å². The summed E-state index contributed by atoms with van der Waals surface area (Å²) in [6, 6.07) is 13.8. The van der Waals surface area contributed by atoms with Crippen LogP contribution in [0.5, 0.6) is 11.5 Å². The van der Waals surface area contributed by atoms with Gasteiger partial charge in [-0.25, -0.2) is 4.98 Å². The molecule has 132 valence electrons. The van der Waals surface area contributed by atoms with E-state index in [1.807, 2.05) is 54.9 Å². The number of methoxy groups -OCH3 is 1. The number of ether oxygens (including phenoxy) is 2. The summed E-state index contributed by atoms with van der Waals surface area (Å²) in [5, 5.41) is 9.69. The summed E-state index contributed by atoms with van der Waals surface area (Å²) in [6.45, 7) is 2.45. The molecule has 0 saturated heterocycles. The van der Waals surface area contributed by atoms with Gasteiger partial charge in [-0.15, -0.1) is 0 Å². The molecule has 1 aromatic heterocycles. The first-order valence-corrected chi connectivity index (χ1v) is 8.92. The molecule has 3 rings (SSSR count). The number of hydrogen-bond acceptors (Lipinski definition) is 4. The third-order valence-corrected chi connectivity index (χ3v) is 4.59. The van der Waals surface area contributed by atoms with Gasteiger partial charge in [-0.2, -0.15) is 5.26 Å². The van der Waals surface area contributed by atoms with Gasteiger partial charge in [0, 0.05) is 7.05 Å². The van der Waals surface area contributed by atoms with Gasteiger partial charge in [-0.05, 0) is 58.8 Å². The van der Waals surface area contributed by atoms with Crippen molar-refractivity contribution in [3.8, 4) is 17.6 Å². The van der Waals surface area contributed by atoms with Gasteiger partial charge in [0.25, 0.3) is 0 Å². The van der Waals surface area contributed by atoms with Crippen molar-refractivity contribution in [3.05, 3.63) is 52.3 Å². The SMILES string of the molecule is CCOc1c(Br)cc(/C=C(/C#N)c2nc3ccccc3n2C)cc1OC. The van der Waals surface area contributed by atoms with Crippen molar-refractivity contribution >= 4 is 38.6 Å². The van der Waals surface area contributed by atoms with Crippen molar-refractivity contribution in [2.45, 2.75) is 6.92 Å². The minimum absolute atomic E-state index is 0.474. The lowest BCUT2D eigenvalue weighted by atomic mass is 10.1. The third kappa shape index (κ3) is 3.31. The lowest BCUT2D eigenvalue weighted by Crippen LogP contribution is -1.98. The zero-order chi connectivity index (χ0) is 18.7. The molecule has 0 aliphatic heterocycles. The number of aryl methyl sites for hydroxylation is 1. The summed E-state index contributed by atoms with van der Waals surface area (Å²) in [5.41, 5.74) is 3.13. The first-order valence-electron chi connectivity index (χ1n) is 8.13. The van der Waals surface area contributed by atoms with E-state index in [0.29, 0.717) is 29.5 Å². The van der Waals surface area contributed by atoms with Crippen LogP contribution in [0.2, 0.25) is 0 Å². The molecule has 26 heavy (non-hydrogen) atoms. The number of nitrogens with zero attached hydrogens (tertiary/aromatic N) is 3. The van der Waals surface area contributed by atoms with Crippen LogP contribution in [0.15, 0.2) is 40.9 Å². The summed E-state index contributed by atoms with van der Waals surface area (Å²) < 4.78 is 13.7. The molecule has 0 N–H and O–H groups in total. The standard InChI is InChI=1S/C20H18BrN3O2/c1-4-26-19-15(21)10-13(11-18(19)25-3)9-14(12-22)20-23-16-7-5-6-8-17(16)24(20)2/h5-11H,4H2,1-3H3/b14-9-. The fourth-order valence-corrected chi connectivity index (χ4v) is 3.38. The van der Waals surface area contributed by atoms with Crippen LogP contribution in [0.1, 0.15) is 18.3 Å². The highest BCUT2D eigenvalue weighted by Crippen LogP contribution is 2.37. The van der Waals surface area contributed by atoms with Crippen LogP contribution in [0.4, 0.5) is 0 Å². The third-order valence-electron chi connectivity index (χ3n) is 4.00. The second-order valence-corrected chi connectivity index (χ2v) is 6.47. The number of aromatic nitrogens is 2. The largest absolute Gasteiger partial charge is 0.493 e. The van der Waals surface area contributed by atoms with Crippen molar-refractivity contribution in [1.29, 1.82) is 5.26 Å². The zero-order valence-electron chi connectivity index (χ0n) is 14.8. The second-order valence-electron chi connectivity index (χ2n) is 5.62. The Morgan fingerprint density at radius 2 is 2.12 bits per heavy atom. The van der Waals surface area contributed by atoms with E-state index in [4.69, 9.17) is 9.47 Å². The molecule has 0 unspecified atom stereocenters. The number of benzene rings is 2. The van der Waals surface area contributed by atoms with E-state index < -0.39 is 0 Å². The summed E-state index contributed by atoms with van der Waals surface area (Å²) in [5.74, 6) is 1.88. The van der Waals surface area contributed by atoms with Crippen LogP contribution >= 0.6 is 15.9 Å². The molecule has 0 bridgehead atoms. The number of allylic oxidation sites excluding steroid dienone is 1. The van der Waals surface area contributed by atoms with Crippen molar-refractivity contribution in [1.82, 2.24) is 9.55 Å². The lowest BCUT2D eigenvalue weighted by Gasteiger charge is -2.12. The Hall–Kier alpha value is -2.78. The average Bonchev–Trinajstić information content (AvgIpc) is 2.98. The summed E-state index contributed by atoms with van der Waals surface area (Å²) in [6.07, 6.45) is 1.80. The number of nitriles is 1. The lowest BCUT2D eigenvalue weighted by molar-refractivity contribution is 0.309. The first-order chi connectivity index (χ1) is 12.6. The highest BCUT2D eigenvalue weighted by Gasteiger charge is 2.14. The number of halogens is 1. The normalized spacial score (nSPS) is 11.4. The van der Waals surface area contributed by atoms with Crippen LogP contribution in [-0.2, 0) is 7.05 Å². The van der Waals surface area contributed by atoms with E-state index in [1.165, 1.54) is 0 Å². The van der Waals surface area contributed by atoms with Crippen molar-refractivity contribution < 1.29 is 9.47 Å². The quantitative estimate of drug-likeness (QED) is 0.565. The molecule has 0 spiro atoms. The summed E-state index contributed by atoms with van der Waals surface area (Å²) in [4.78, 5) is 4.60. The zero-order valence-corrected chi connectivity index (χ0v) is 16.4. The molecule has 2 aromatic carbocycles. The van der Waals surface area contributed by atoms with Crippen LogP contribution in [0.3, 0.4) is 0 Å². The van der Waals surface area contributed by atoms with Gasteiger partial charge in [-0.1, -0.05) is 12.1 Å². The van der Waals surface area contributed by atoms with Gasteiger partial charge in [0.05, 0.1) is 34.8 Å². The van der Waals surface area contributed by atoms with Crippen molar-refractivity contribution in [2.75, 3.05) is 13.7 Å². The fraction of sp³-hybridized carbons (Fsp3) is 0.200. The average molecular weight is 412 g/mol. The molecule has 0 saturated carbocycles. The first kappa shape index (κ1) is 18.0. The predicted molar refractivity (Wildman–Crippen MR) is 106 cm³/mol. The number of rotatable bonds is 5. The molecule has 0 fully saturated rings. The highest BCUT2D eigenvalue weighted by molar-refractivity contribution is 9.10. The molecule has 5 nitrogen and oxygen atoms in total. The molecular formula is C20H18BrN3O2. The van der Waals surface area contributed by atoms with Gasteiger partial charge in [-0.3, -0.25) is 0 Å². The van der Waals surface area contributed by atoms with Gasteiger partial charge >= 0.3 is 0 Å². The molecule has 6 heteroatoms. The van der Waals surface area contributed by atoms with Crippen LogP contribution in [0, 0.1) is 11.3 Å². The Labute approximate surface area is 160 Å². The maximum Gasteiger partial charge on any atom is 0.175 e. The molecule has 1 heterocycles. The smallest absolute Gasteiger partial charge is 0.175 e. The number of imidazole rings is 1. The molecular weight excluding hydrogens is 394 g/mol. The molecule has 0 radical (unpaired) electrons. The maximum absolute atomic E-state index is 9.69.